The zero-order valence-electron chi connectivity index (χ0n) is 21.6. The van der Waals surface area contributed by atoms with Crippen molar-refractivity contribution < 1.29 is 17.7 Å². The smallest absolute Gasteiger partial charge is 0.240 e. The van der Waals surface area contributed by atoms with Gasteiger partial charge in [-0.3, -0.25) is 4.79 Å². The van der Waals surface area contributed by atoms with Crippen molar-refractivity contribution in [3.8, 4) is 0 Å². The van der Waals surface area contributed by atoms with E-state index in [1.807, 2.05) is 68.4 Å². The van der Waals surface area contributed by atoms with Crippen LogP contribution in [0.5, 0.6) is 0 Å². The van der Waals surface area contributed by atoms with Gasteiger partial charge >= 0.3 is 0 Å². The minimum Gasteiger partial charge on any atom is -0.339 e. The van der Waals surface area contributed by atoms with Crippen molar-refractivity contribution in [1.82, 2.24) is 14.9 Å². The Morgan fingerprint density at radius 1 is 0.868 bits per heavy atom. The van der Waals surface area contributed by atoms with E-state index in [2.05, 4.69) is 20.2 Å². The largest absolute Gasteiger partial charge is 0.339 e. The molecule has 0 spiro atoms. The highest BCUT2D eigenvalue weighted by Crippen LogP contribution is 2.16. The molecule has 2 N–H and O–H groups in total. The Bertz CT molecular complexity index is 1430. The molecule has 4 rings (SSSR count). The third-order valence-electron chi connectivity index (χ3n) is 6.00. The highest BCUT2D eigenvalue weighted by Gasteiger charge is 2.14. The van der Waals surface area contributed by atoms with E-state index >= 15 is 0 Å². The summed E-state index contributed by atoms with van der Waals surface area (Å²) in [7, 11) is -3.59. The van der Waals surface area contributed by atoms with Crippen molar-refractivity contribution in [2.75, 3.05) is 11.9 Å². The molecule has 4 aromatic rings. The summed E-state index contributed by atoms with van der Waals surface area (Å²) in [6.45, 7) is 4.33. The summed E-state index contributed by atoms with van der Waals surface area (Å²) in [5.41, 5.74) is 3.69. The number of carbonyl (C=O) groups excluding carboxylic acids is 1. The number of aryl methyl sites for hydroxylation is 1. The van der Waals surface area contributed by atoms with Gasteiger partial charge in [0, 0.05) is 31.0 Å². The number of rotatable bonds is 12. The second-order valence-electron chi connectivity index (χ2n) is 9.40. The summed E-state index contributed by atoms with van der Waals surface area (Å²) in [5, 5.41) is 6.91. The third-order valence-corrected chi connectivity index (χ3v) is 7.48. The van der Waals surface area contributed by atoms with Crippen LogP contribution < -0.4 is 10.0 Å². The van der Waals surface area contributed by atoms with Crippen molar-refractivity contribution >= 4 is 21.6 Å². The number of benzene rings is 3. The fourth-order valence-corrected chi connectivity index (χ4v) is 4.87. The first-order chi connectivity index (χ1) is 18.3. The zero-order chi connectivity index (χ0) is 27.0. The van der Waals surface area contributed by atoms with Gasteiger partial charge in [0.15, 0.2) is 5.82 Å². The molecule has 1 aromatic heterocycles. The molecule has 0 saturated heterocycles. The van der Waals surface area contributed by atoms with Gasteiger partial charge in [-0.05, 0) is 53.8 Å². The van der Waals surface area contributed by atoms with Gasteiger partial charge in [0.1, 0.15) is 0 Å². The Hall–Kier alpha value is -3.82. The standard InChI is InChI=1S/C29H32N4O4S/c1-21(2)29-32-27(33-37-29)20-24-8-13-25(14-9-24)31-28(34)17-12-23-10-15-26(16-11-23)38(35,36)30-19-18-22-6-4-3-5-7-22/h3-11,13-16,21,30H,12,17-20H2,1-2H3,(H,31,34). The quantitative estimate of drug-likeness (QED) is 0.269. The van der Waals surface area contributed by atoms with Gasteiger partial charge in [-0.25, -0.2) is 13.1 Å². The Kier molecular flexibility index (Phi) is 9.04. The van der Waals surface area contributed by atoms with Gasteiger partial charge in [-0.2, -0.15) is 4.98 Å². The molecule has 0 aliphatic heterocycles. The lowest BCUT2D eigenvalue weighted by atomic mass is 10.1. The van der Waals surface area contributed by atoms with Gasteiger partial charge in [0.2, 0.25) is 21.8 Å². The van der Waals surface area contributed by atoms with Crippen LogP contribution in [-0.4, -0.2) is 31.0 Å². The zero-order valence-corrected chi connectivity index (χ0v) is 22.4. The number of hydrogen-bond donors (Lipinski definition) is 2. The van der Waals surface area contributed by atoms with Crippen LogP contribution in [0, 0.1) is 0 Å². The van der Waals surface area contributed by atoms with Crippen molar-refractivity contribution in [3.63, 3.8) is 0 Å². The number of anilines is 1. The Morgan fingerprint density at radius 2 is 1.53 bits per heavy atom. The first-order valence-corrected chi connectivity index (χ1v) is 14.1. The van der Waals surface area contributed by atoms with E-state index in [0.717, 1.165) is 16.7 Å². The lowest BCUT2D eigenvalue weighted by Crippen LogP contribution is -2.26. The van der Waals surface area contributed by atoms with Crippen molar-refractivity contribution in [2.45, 2.75) is 50.3 Å². The minimum absolute atomic E-state index is 0.114. The van der Waals surface area contributed by atoms with Crippen molar-refractivity contribution in [3.05, 3.63) is 107 Å². The predicted octanol–water partition coefficient (Wildman–Crippen LogP) is 4.88. The van der Waals surface area contributed by atoms with E-state index in [-0.39, 0.29) is 23.1 Å². The van der Waals surface area contributed by atoms with Crippen LogP contribution in [-0.2, 0) is 34.1 Å². The van der Waals surface area contributed by atoms with Gasteiger partial charge < -0.3 is 9.84 Å². The van der Waals surface area contributed by atoms with Crippen LogP contribution in [0.4, 0.5) is 5.69 Å². The Balaban J connectivity index is 1.22. The van der Waals surface area contributed by atoms with Crippen LogP contribution in [0.25, 0.3) is 0 Å². The summed E-state index contributed by atoms with van der Waals surface area (Å²) in [6.07, 6.45) is 1.96. The molecular weight excluding hydrogens is 500 g/mol. The van der Waals surface area contributed by atoms with E-state index in [0.29, 0.717) is 43.2 Å². The number of nitrogens with zero attached hydrogens (tertiary/aromatic N) is 2. The summed E-state index contributed by atoms with van der Waals surface area (Å²) < 4.78 is 33.0. The number of aromatic nitrogens is 2. The maximum atomic E-state index is 12.6. The average Bonchev–Trinajstić information content (AvgIpc) is 3.38. The molecule has 0 fully saturated rings. The fraction of sp³-hybridized carbons (Fsp3) is 0.276. The molecule has 3 aromatic carbocycles. The average molecular weight is 533 g/mol. The van der Waals surface area contributed by atoms with Crippen LogP contribution in [0.3, 0.4) is 0 Å². The van der Waals surface area contributed by atoms with Gasteiger partial charge in [0.05, 0.1) is 4.90 Å². The maximum absolute atomic E-state index is 12.6. The maximum Gasteiger partial charge on any atom is 0.240 e. The second-order valence-corrected chi connectivity index (χ2v) is 11.2. The molecule has 0 saturated carbocycles. The Labute approximate surface area is 223 Å². The van der Waals surface area contributed by atoms with E-state index in [1.165, 1.54) is 0 Å². The SMILES string of the molecule is CC(C)c1nc(Cc2ccc(NC(=O)CCc3ccc(S(=O)(=O)NCCc4ccccc4)cc3)cc2)no1. The lowest BCUT2D eigenvalue weighted by Gasteiger charge is -2.09. The van der Waals surface area contributed by atoms with Crippen molar-refractivity contribution in [1.29, 1.82) is 0 Å². The molecule has 0 atom stereocenters. The van der Waals surface area contributed by atoms with E-state index in [9.17, 15) is 13.2 Å². The topological polar surface area (TPSA) is 114 Å². The number of amides is 1. The van der Waals surface area contributed by atoms with E-state index in [1.54, 1.807) is 24.3 Å². The molecular formula is C29H32N4O4S. The number of carbonyl (C=O) groups is 1. The summed E-state index contributed by atoms with van der Waals surface area (Å²) in [4.78, 5) is 17.0. The molecule has 0 aliphatic carbocycles. The second kappa shape index (κ2) is 12.6. The molecule has 1 heterocycles. The molecule has 0 aliphatic rings. The highest BCUT2D eigenvalue weighted by atomic mass is 32.2. The molecule has 198 valence electrons. The van der Waals surface area contributed by atoms with E-state index in [4.69, 9.17) is 4.52 Å². The summed E-state index contributed by atoms with van der Waals surface area (Å²) in [6, 6.07) is 23.9. The van der Waals surface area contributed by atoms with Crippen molar-refractivity contribution in [2.24, 2.45) is 0 Å². The van der Waals surface area contributed by atoms with Gasteiger partial charge in [-0.1, -0.05) is 73.6 Å². The van der Waals surface area contributed by atoms with E-state index < -0.39 is 10.0 Å². The molecule has 1 amide bonds. The minimum atomic E-state index is -3.59. The summed E-state index contributed by atoms with van der Waals surface area (Å²) in [5.74, 6) is 1.33. The first-order valence-electron chi connectivity index (χ1n) is 12.6. The van der Waals surface area contributed by atoms with Crippen LogP contribution in [0.1, 0.15) is 54.6 Å². The normalized spacial score (nSPS) is 11.6. The molecule has 0 radical (unpaired) electrons. The van der Waals surface area contributed by atoms with Crippen LogP contribution in [0.15, 0.2) is 88.3 Å². The fourth-order valence-electron chi connectivity index (χ4n) is 3.84. The molecule has 9 heteroatoms. The molecule has 8 nitrogen and oxygen atoms in total. The number of nitrogens with one attached hydrogen (secondary N) is 2. The monoisotopic (exact) mass is 532 g/mol. The van der Waals surface area contributed by atoms with Crippen LogP contribution in [0.2, 0.25) is 0 Å². The lowest BCUT2D eigenvalue weighted by molar-refractivity contribution is -0.116. The highest BCUT2D eigenvalue weighted by molar-refractivity contribution is 7.89. The number of hydrogen-bond acceptors (Lipinski definition) is 6. The Morgan fingerprint density at radius 3 is 2.18 bits per heavy atom. The summed E-state index contributed by atoms with van der Waals surface area (Å²) >= 11 is 0. The van der Waals surface area contributed by atoms with Crippen LogP contribution >= 0.6 is 0 Å². The van der Waals surface area contributed by atoms with Gasteiger partial charge in [-0.15, -0.1) is 0 Å². The van der Waals surface area contributed by atoms with Gasteiger partial charge in [0.25, 0.3) is 0 Å². The third kappa shape index (κ3) is 7.84. The predicted molar refractivity (Wildman–Crippen MR) is 146 cm³/mol. The molecule has 38 heavy (non-hydrogen) atoms. The number of sulfonamides is 1. The first kappa shape index (κ1) is 27.2. The molecule has 0 unspecified atom stereocenters. The molecule has 0 bridgehead atoms.